The second-order valence-electron chi connectivity index (χ2n) is 2.84. The van der Waals surface area contributed by atoms with Gasteiger partial charge in [0.1, 0.15) is 5.37 Å². The summed E-state index contributed by atoms with van der Waals surface area (Å²) in [6.45, 7) is 5.81. The molecular formula is C8H17NO3S. The lowest BCUT2D eigenvalue weighted by atomic mass is 10.2. The van der Waals surface area contributed by atoms with Crippen LogP contribution in [-0.4, -0.2) is 24.9 Å². The molecule has 0 saturated carbocycles. The van der Waals surface area contributed by atoms with Crippen LogP contribution in [0.2, 0.25) is 0 Å². The summed E-state index contributed by atoms with van der Waals surface area (Å²) in [4.78, 5) is 0. The number of nitrogens with one attached hydrogen (secondary N) is 1. The van der Waals surface area contributed by atoms with Crippen LogP contribution in [-0.2, 0) is 10.1 Å². The van der Waals surface area contributed by atoms with Crippen LogP contribution < -0.4 is 5.32 Å². The van der Waals surface area contributed by atoms with Crippen molar-refractivity contribution in [3.8, 4) is 0 Å². The Morgan fingerprint density at radius 3 is 2.62 bits per heavy atom. The first-order chi connectivity index (χ1) is 6.02. The molecule has 4 nitrogen and oxygen atoms in total. The molecule has 0 aromatic carbocycles. The summed E-state index contributed by atoms with van der Waals surface area (Å²) in [6, 6.07) is 0. The van der Waals surface area contributed by atoms with E-state index in [1.54, 1.807) is 6.08 Å². The Kier molecular flexibility index (Phi) is 5.94. The van der Waals surface area contributed by atoms with Crippen LogP contribution in [0, 0.1) is 0 Å². The van der Waals surface area contributed by atoms with E-state index in [9.17, 15) is 8.42 Å². The van der Waals surface area contributed by atoms with Crippen molar-refractivity contribution in [3.63, 3.8) is 0 Å². The van der Waals surface area contributed by atoms with Gasteiger partial charge in [-0.05, 0) is 6.42 Å². The number of hydrogen-bond donors (Lipinski definition) is 2. The second kappa shape index (κ2) is 6.12. The van der Waals surface area contributed by atoms with Crippen LogP contribution in [0.15, 0.2) is 12.7 Å². The van der Waals surface area contributed by atoms with E-state index >= 15 is 0 Å². The Bertz CT molecular complexity index is 236. The van der Waals surface area contributed by atoms with Gasteiger partial charge in [-0.3, -0.25) is 9.87 Å². The molecule has 1 unspecified atom stereocenters. The van der Waals surface area contributed by atoms with E-state index in [2.05, 4.69) is 11.9 Å². The maximum atomic E-state index is 10.8. The minimum Gasteiger partial charge on any atom is -0.296 e. The fourth-order valence-corrected chi connectivity index (χ4v) is 1.73. The topological polar surface area (TPSA) is 66.4 Å². The molecule has 0 amide bonds. The van der Waals surface area contributed by atoms with Gasteiger partial charge in [-0.1, -0.05) is 25.8 Å². The van der Waals surface area contributed by atoms with Crippen molar-refractivity contribution in [1.29, 1.82) is 0 Å². The lowest BCUT2D eigenvalue weighted by molar-refractivity contribution is 0.442. The largest absolute Gasteiger partial charge is 0.296 e. The molecule has 1 atom stereocenters. The molecule has 0 saturated heterocycles. The molecule has 0 aromatic heterocycles. The van der Waals surface area contributed by atoms with E-state index in [1.807, 2.05) is 6.92 Å². The lowest BCUT2D eigenvalue weighted by Gasteiger charge is -2.13. The van der Waals surface area contributed by atoms with Crippen molar-refractivity contribution in [2.24, 2.45) is 0 Å². The van der Waals surface area contributed by atoms with Crippen LogP contribution in [0.4, 0.5) is 0 Å². The summed E-state index contributed by atoms with van der Waals surface area (Å²) in [5.41, 5.74) is 0. The standard InChI is InChI=1S/C8H17NO3S/c1-3-5-6-8(9-7-4-2)13(10,11)12/h4,8-9H,2-3,5-7H2,1H3,(H,10,11,12). The fourth-order valence-electron chi connectivity index (χ4n) is 0.961. The minimum absolute atomic E-state index is 0.383. The van der Waals surface area contributed by atoms with E-state index in [4.69, 9.17) is 4.55 Å². The molecule has 2 N–H and O–H groups in total. The zero-order valence-corrected chi connectivity index (χ0v) is 8.68. The van der Waals surface area contributed by atoms with Gasteiger partial charge in [-0.2, -0.15) is 8.42 Å². The van der Waals surface area contributed by atoms with Crippen molar-refractivity contribution >= 4 is 10.1 Å². The number of hydrogen-bond acceptors (Lipinski definition) is 3. The zero-order valence-electron chi connectivity index (χ0n) is 7.86. The first kappa shape index (κ1) is 12.6. The van der Waals surface area contributed by atoms with Crippen LogP contribution in [0.1, 0.15) is 26.2 Å². The molecule has 78 valence electrons. The Morgan fingerprint density at radius 2 is 2.23 bits per heavy atom. The summed E-state index contributed by atoms with van der Waals surface area (Å²) in [5, 5.41) is 1.83. The molecule has 0 aromatic rings. The average Bonchev–Trinajstić information content (AvgIpc) is 2.02. The SMILES string of the molecule is C=CCNC(CCCC)S(=O)(=O)O. The third-order valence-electron chi connectivity index (χ3n) is 1.67. The Hall–Kier alpha value is -0.390. The smallest absolute Gasteiger partial charge is 0.281 e. The molecule has 0 bridgehead atoms. The maximum Gasteiger partial charge on any atom is 0.281 e. The Morgan fingerprint density at radius 1 is 1.62 bits per heavy atom. The normalized spacial score (nSPS) is 14.0. The Balaban J connectivity index is 4.11. The summed E-state index contributed by atoms with van der Waals surface area (Å²) in [5.74, 6) is 0. The summed E-state index contributed by atoms with van der Waals surface area (Å²) in [6.07, 6.45) is 3.67. The molecular weight excluding hydrogens is 190 g/mol. The van der Waals surface area contributed by atoms with Crippen LogP contribution in [0.25, 0.3) is 0 Å². The minimum atomic E-state index is -3.97. The van der Waals surface area contributed by atoms with Gasteiger partial charge >= 0.3 is 0 Å². The van der Waals surface area contributed by atoms with Crippen molar-refractivity contribution in [2.75, 3.05) is 6.54 Å². The first-order valence-electron chi connectivity index (χ1n) is 4.33. The van der Waals surface area contributed by atoms with E-state index < -0.39 is 15.5 Å². The van der Waals surface area contributed by atoms with Gasteiger partial charge in [0, 0.05) is 6.54 Å². The Labute approximate surface area is 79.8 Å². The van der Waals surface area contributed by atoms with E-state index in [0.29, 0.717) is 13.0 Å². The highest BCUT2D eigenvalue weighted by Gasteiger charge is 2.20. The third-order valence-corrected chi connectivity index (χ3v) is 2.79. The monoisotopic (exact) mass is 207 g/mol. The lowest BCUT2D eigenvalue weighted by Crippen LogP contribution is -2.36. The van der Waals surface area contributed by atoms with Crippen LogP contribution in [0.3, 0.4) is 0 Å². The van der Waals surface area contributed by atoms with Gasteiger partial charge in [-0.25, -0.2) is 0 Å². The predicted octanol–water partition coefficient (Wildman–Crippen LogP) is 1.17. The van der Waals surface area contributed by atoms with Crippen molar-refractivity contribution in [1.82, 2.24) is 5.32 Å². The molecule has 0 rings (SSSR count). The second-order valence-corrected chi connectivity index (χ2v) is 4.44. The fraction of sp³-hybridized carbons (Fsp3) is 0.750. The predicted molar refractivity (Wildman–Crippen MR) is 53.1 cm³/mol. The summed E-state index contributed by atoms with van der Waals surface area (Å²) >= 11 is 0. The first-order valence-corrected chi connectivity index (χ1v) is 5.83. The molecule has 0 spiro atoms. The quantitative estimate of drug-likeness (QED) is 0.486. The molecule has 0 aliphatic heterocycles. The van der Waals surface area contributed by atoms with Gasteiger partial charge < -0.3 is 0 Å². The molecule has 0 radical (unpaired) electrons. The zero-order chi connectivity index (χ0) is 10.3. The van der Waals surface area contributed by atoms with Crippen LogP contribution >= 0.6 is 0 Å². The number of unbranched alkanes of at least 4 members (excludes halogenated alkanes) is 1. The molecule has 13 heavy (non-hydrogen) atoms. The van der Waals surface area contributed by atoms with Crippen molar-refractivity contribution in [2.45, 2.75) is 31.6 Å². The highest BCUT2D eigenvalue weighted by molar-refractivity contribution is 7.86. The molecule has 0 heterocycles. The van der Waals surface area contributed by atoms with Crippen molar-refractivity contribution in [3.05, 3.63) is 12.7 Å². The molecule has 5 heteroatoms. The highest BCUT2D eigenvalue weighted by Crippen LogP contribution is 2.05. The van der Waals surface area contributed by atoms with Gasteiger partial charge in [-0.15, -0.1) is 6.58 Å². The summed E-state index contributed by atoms with van der Waals surface area (Å²) in [7, 11) is -3.97. The third kappa shape index (κ3) is 5.79. The summed E-state index contributed by atoms with van der Waals surface area (Å²) < 4.78 is 30.4. The maximum absolute atomic E-state index is 10.8. The molecule has 0 aliphatic carbocycles. The van der Waals surface area contributed by atoms with Gasteiger partial charge in [0.05, 0.1) is 0 Å². The van der Waals surface area contributed by atoms with Crippen molar-refractivity contribution < 1.29 is 13.0 Å². The highest BCUT2D eigenvalue weighted by atomic mass is 32.2. The van der Waals surface area contributed by atoms with E-state index in [-0.39, 0.29) is 0 Å². The molecule has 0 aliphatic rings. The van der Waals surface area contributed by atoms with Gasteiger partial charge in [0.25, 0.3) is 10.1 Å². The van der Waals surface area contributed by atoms with Gasteiger partial charge in [0.2, 0.25) is 0 Å². The van der Waals surface area contributed by atoms with Gasteiger partial charge in [0.15, 0.2) is 0 Å². The number of rotatable bonds is 7. The van der Waals surface area contributed by atoms with E-state index in [0.717, 1.165) is 12.8 Å². The van der Waals surface area contributed by atoms with Crippen LogP contribution in [0.5, 0.6) is 0 Å². The average molecular weight is 207 g/mol. The van der Waals surface area contributed by atoms with E-state index in [1.165, 1.54) is 0 Å². The molecule has 0 fully saturated rings.